The Kier molecular flexibility index (Phi) is 2.93. The molecular formula is C14H15N3O3. The molecule has 1 aromatic carbocycles. The fourth-order valence-electron chi connectivity index (χ4n) is 2.80. The molecule has 0 aromatic heterocycles. The van der Waals surface area contributed by atoms with E-state index in [9.17, 15) is 14.4 Å². The van der Waals surface area contributed by atoms with E-state index in [1.54, 1.807) is 6.07 Å². The molecule has 6 heteroatoms. The molecule has 20 heavy (non-hydrogen) atoms. The maximum atomic E-state index is 12.2. The summed E-state index contributed by atoms with van der Waals surface area (Å²) in [6.07, 6.45) is 0.883. The molecule has 3 N–H and O–H groups in total. The number of imide groups is 1. The molecule has 0 saturated carbocycles. The summed E-state index contributed by atoms with van der Waals surface area (Å²) < 4.78 is 0. The second-order valence-corrected chi connectivity index (χ2v) is 5.15. The zero-order valence-electron chi connectivity index (χ0n) is 10.9. The highest BCUT2D eigenvalue weighted by molar-refractivity contribution is 6.02. The summed E-state index contributed by atoms with van der Waals surface area (Å²) in [6, 6.07) is 4.92. The zero-order chi connectivity index (χ0) is 14.3. The molecule has 0 aliphatic carbocycles. The Morgan fingerprint density at radius 2 is 2.05 bits per heavy atom. The van der Waals surface area contributed by atoms with Gasteiger partial charge in [-0.25, -0.2) is 0 Å². The van der Waals surface area contributed by atoms with Crippen LogP contribution in [0.25, 0.3) is 0 Å². The Bertz CT molecular complexity index is 612. The number of nitrogen functional groups attached to an aromatic ring is 1. The number of nitrogens with zero attached hydrogens (tertiary/aromatic N) is 1. The van der Waals surface area contributed by atoms with Crippen LogP contribution in [0.4, 0.5) is 5.69 Å². The molecule has 1 fully saturated rings. The first-order chi connectivity index (χ1) is 9.56. The van der Waals surface area contributed by atoms with Gasteiger partial charge in [0.05, 0.1) is 6.42 Å². The third-order valence-corrected chi connectivity index (χ3v) is 3.89. The molecule has 1 saturated heterocycles. The van der Waals surface area contributed by atoms with E-state index in [1.165, 1.54) is 4.90 Å². The second-order valence-electron chi connectivity index (χ2n) is 5.15. The minimum atomic E-state index is -0.576. The maximum absolute atomic E-state index is 12.2. The van der Waals surface area contributed by atoms with Gasteiger partial charge in [0, 0.05) is 18.7 Å². The number of carbonyl (C=O) groups excluding carboxylic acids is 3. The van der Waals surface area contributed by atoms with Gasteiger partial charge in [-0.05, 0) is 23.6 Å². The number of nitrogens with two attached hydrogens (primary N) is 1. The first-order valence-corrected chi connectivity index (χ1v) is 6.55. The van der Waals surface area contributed by atoms with Crippen LogP contribution in [0.3, 0.4) is 0 Å². The number of hydrogen-bond donors (Lipinski definition) is 2. The van der Waals surface area contributed by atoms with Gasteiger partial charge in [-0.3, -0.25) is 19.7 Å². The van der Waals surface area contributed by atoms with Crippen LogP contribution in [0.15, 0.2) is 18.2 Å². The van der Waals surface area contributed by atoms with Crippen molar-refractivity contribution < 1.29 is 14.4 Å². The van der Waals surface area contributed by atoms with Crippen molar-refractivity contribution in [1.29, 1.82) is 0 Å². The van der Waals surface area contributed by atoms with Gasteiger partial charge in [0.15, 0.2) is 0 Å². The highest BCUT2D eigenvalue weighted by atomic mass is 16.2. The third-order valence-electron chi connectivity index (χ3n) is 3.89. The van der Waals surface area contributed by atoms with E-state index in [1.807, 2.05) is 12.1 Å². The maximum Gasteiger partial charge on any atom is 0.249 e. The normalized spacial score (nSPS) is 22.5. The smallest absolute Gasteiger partial charge is 0.249 e. The molecule has 104 valence electrons. The van der Waals surface area contributed by atoms with Crippen molar-refractivity contribution >= 4 is 23.4 Å². The standard InChI is InChI=1S/C14H15N3O3/c15-10-3-1-2-8-6-13(19)17(7-9(8)10)11-4-5-12(18)16-14(11)20/h1-3,11H,4-7,15H2,(H,16,18,20). The summed E-state index contributed by atoms with van der Waals surface area (Å²) in [6.45, 7) is 0.327. The van der Waals surface area contributed by atoms with E-state index in [0.717, 1.165) is 11.1 Å². The first-order valence-electron chi connectivity index (χ1n) is 6.55. The number of hydrogen-bond acceptors (Lipinski definition) is 4. The summed E-state index contributed by atoms with van der Waals surface area (Å²) in [5, 5.41) is 2.28. The van der Waals surface area contributed by atoms with Gasteiger partial charge in [0.2, 0.25) is 17.7 Å². The number of fused-ring (bicyclic) bond motifs is 1. The van der Waals surface area contributed by atoms with E-state index in [4.69, 9.17) is 5.73 Å². The van der Waals surface area contributed by atoms with Gasteiger partial charge in [0.1, 0.15) is 6.04 Å². The van der Waals surface area contributed by atoms with Crippen LogP contribution < -0.4 is 11.1 Å². The van der Waals surface area contributed by atoms with Crippen molar-refractivity contribution in [2.45, 2.75) is 31.8 Å². The van der Waals surface area contributed by atoms with Crippen LogP contribution in [-0.4, -0.2) is 28.7 Å². The predicted molar refractivity (Wildman–Crippen MR) is 71.3 cm³/mol. The van der Waals surface area contributed by atoms with Crippen molar-refractivity contribution in [3.8, 4) is 0 Å². The summed E-state index contributed by atoms with van der Waals surface area (Å²) >= 11 is 0. The van der Waals surface area contributed by atoms with Crippen molar-refractivity contribution in [2.24, 2.45) is 0 Å². The van der Waals surface area contributed by atoms with Crippen LogP contribution in [0.5, 0.6) is 0 Å². The number of benzene rings is 1. The molecule has 1 aromatic rings. The minimum absolute atomic E-state index is 0.0994. The van der Waals surface area contributed by atoms with Gasteiger partial charge < -0.3 is 10.6 Å². The van der Waals surface area contributed by atoms with Gasteiger partial charge in [-0.1, -0.05) is 12.1 Å². The lowest BCUT2D eigenvalue weighted by Gasteiger charge is -2.36. The predicted octanol–water partition coefficient (Wildman–Crippen LogP) is -0.0413. The lowest BCUT2D eigenvalue weighted by molar-refractivity contribution is -0.146. The summed E-state index contributed by atoms with van der Waals surface area (Å²) in [4.78, 5) is 36.8. The quantitative estimate of drug-likeness (QED) is 0.554. The molecule has 1 atom stereocenters. The molecule has 6 nitrogen and oxygen atoms in total. The first kappa shape index (κ1) is 12.7. The van der Waals surface area contributed by atoms with Gasteiger partial charge >= 0.3 is 0 Å². The monoisotopic (exact) mass is 273 g/mol. The highest BCUT2D eigenvalue weighted by Gasteiger charge is 2.36. The van der Waals surface area contributed by atoms with E-state index in [2.05, 4.69) is 5.32 Å². The highest BCUT2D eigenvalue weighted by Crippen LogP contribution is 2.27. The SMILES string of the molecule is Nc1cccc2c1CN(C1CCC(=O)NC1=O)C(=O)C2. The molecule has 2 aliphatic rings. The third kappa shape index (κ3) is 2.03. The Balaban J connectivity index is 1.89. The van der Waals surface area contributed by atoms with Crippen LogP contribution in [0, 0.1) is 0 Å². The lowest BCUT2D eigenvalue weighted by Crippen LogP contribution is -2.55. The lowest BCUT2D eigenvalue weighted by atomic mass is 9.94. The Labute approximate surface area is 115 Å². The molecule has 3 rings (SSSR count). The van der Waals surface area contributed by atoms with Gasteiger partial charge in [-0.15, -0.1) is 0 Å². The molecule has 2 heterocycles. The molecule has 1 unspecified atom stereocenters. The summed E-state index contributed by atoms with van der Waals surface area (Å²) in [7, 11) is 0. The topological polar surface area (TPSA) is 92.5 Å². The number of nitrogens with one attached hydrogen (secondary N) is 1. The number of anilines is 1. The average molecular weight is 273 g/mol. The van der Waals surface area contributed by atoms with Crippen molar-refractivity contribution in [3.63, 3.8) is 0 Å². The van der Waals surface area contributed by atoms with Crippen LogP contribution in [0.1, 0.15) is 24.0 Å². The van der Waals surface area contributed by atoms with Gasteiger partial charge in [-0.2, -0.15) is 0 Å². The largest absolute Gasteiger partial charge is 0.398 e. The van der Waals surface area contributed by atoms with Crippen molar-refractivity contribution in [3.05, 3.63) is 29.3 Å². The molecule has 2 aliphatic heterocycles. The molecule has 0 radical (unpaired) electrons. The van der Waals surface area contributed by atoms with E-state index >= 15 is 0 Å². The average Bonchev–Trinajstić information content (AvgIpc) is 2.39. The van der Waals surface area contributed by atoms with Crippen LogP contribution in [-0.2, 0) is 27.3 Å². The minimum Gasteiger partial charge on any atom is -0.398 e. The van der Waals surface area contributed by atoms with Crippen LogP contribution in [0.2, 0.25) is 0 Å². The molecule has 3 amide bonds. The fraction of sp³-hybridized carbons (Fsp3) is 0.357. The van der Waals surface area contributed by atoms with Crippen molar-refractivity contribution in [1.82, 2.24) is 10.2 Å². The summed E-state index contributed by atoms with van der Waals surface area (Å²) in [5.74, 6) is -0.777. The van der Waals surface area contributed by atoms with Crippen molar-refractivity contribution in [2.75, 3.05) is 5.73 Å². The Hall–Kier alpha value is -2.37. The second kappa shape index (κ2) is 4.63. The Morgan fingerprint density at radius 3 is 2.80 bits per heavy atom. The number of piperidine rings is 1. The fourth-order valence-corrected chi connectivity index (χ4v) is 2.80. The number of carbonyl (C=O) groups is 3. The molecule has 0 bridgehead atoms. The van der Waals surface area contributed by atoms with E-state index in [0.29, 0.717) is 18.7 Å². The van der Waals surface area contributed by atoms with E-state index < -0.39 is 11.9 Å². The number of amides is 3. The Morgan fingerprint density at radius 1 is 1.25 bits per heavy atom. The molecule has 0 spiro atoms. The molecular weight excluding hydrogens is 258 g/mol. The van der Waals surface area contributed by atoms with Crippen LogP contribution >= 0.6 is 0 Å². The van der Waals surface area contributed by atoms with E-state index in [-0.39, 0.29) is 24.7 Å². The van der Waals surface area contributed by atoms with Gasteiger partial charge in [0.25, 0.3) is 0 Å². The number of rotatable bonds is 1. The zero-order valence-corrected chi connectivity index (χ0v) is 10.9. The summed E-state index contributed by atoms with van der Waals surface area (Å²) in [5.41, 5.74) is 8.39.